The molecule has 0 N–H and O–H groups in total. The van der Waals surface area contributed by atoms with Gasteiger partial charge in [-0.1, -0.05) is 53.8 Å². The van der Waals surface area contributed by atoms with Crippen LogP contribution in [0.3, 0.4) is 0 Å². The van der Waals surface area contributed by atoms with Crippen molar-refractivity contribution in [3.05, 3.63) is 70.8 Å². The standard InChI is InChI=1S/C19H18O/c1-14-8-10-15(11-9-14)12-13-18-16-6-4-5-7-17(16)19(2,3)20-18/h4-11,18H,1-3H3. The molecular weight excluding hydrogens is 244 g/mol. The molecule has 0 spiro atoms. The minimum Gasteiger partial charge on any atom is -0.350 e. The Morgan fingerprint density at radius 3 is 2.45 bits per heavy atom. The third-order valence-electron chi connectivity index (χ3n) is 3.70. The fourth-order valence-corrected chi connectivity index (χ4v) is 2.59. The first kappa shape index (κ1) is 13.0. The molecule has 0 radical (unpaired) electrons. The van der Waals surface area contributed by atoms with Gasteiger partial charge in [-0.3, -0.25) is 0 Å². The quantitative estimate of drug-likeness (QED) is 0.641. The lowest BCUT2D eigenvalue weighted by atomic mass is 9.95. The first-order valence-electron chi connectivity index (χ1n) is 6.92. The van der Waals surface area contributed by atoms with Gasteiger partial charge in [-0.2, -0.15) is 0 Å². The monoisotopic (exact) mass is 262 g/mol. The fraction of sp³-hybridized carbons (Fsp3) is 0.263. The Morgan fingerprint density at radius 2 is 1.70 bits per heavy atom. The van der Waals surface area contributed by atoms with Crippen LogP contribution in [0.2, 0.25) is 0 Å². The zero-order valence-corrected chi connectivity index (χ0v) is 12.1. The highest BCUT2D eigenvalue weighted by Gasteiger charge is 2.36. The van der Waals surface area contributed by atoms with Crippen molar-refractivity contribution < 1.29 is 4.74 Å². The van der Waals surface area contributed by atoms with Gasteiger partial charge in [-0.25, -0.2) is 0 Å². The second kappa shape index (κ2) is 4.81. The number of hydrogen-bond acceptors (Lipinski definition) is 1. The normalized spacial score (nSPS) is 19.1. The van der Waals surface area contributed by atoms with Crippen LogP contribution < -0.4 is 0 Å². The fourth-order valence-electron chi connectivity index (χ4n) is 2.59. The van der Waals surface area contributed by atoms with Gasteiger partial charge >= 0.3 is 0 Å². The molecule has 0 bridgehead atoms. The number of ether oxygens (including phenoxy) is 1. The molecule has 2 aromatic rings. The van der Waals surface area contributed by atoms with Gasteiger partial charge in [0.15, 0.2) is 0 Å². The molecule has 1 unspecified atom stereocenters. The van der Waals surface area contributed by atoms with Gasteiger partial charge in [0.05, 0.1) is 5.60 Å². The van der Waals surface area contributed by atoms with Crippen molar-refractivity contribution in [2.75, 3.05) is 0 Å². The Morgan fingerprint density at radius 1 is 1.00 bits per heavy atom. The Bertz CT molecular complexity index is 684. The summed E-state index contributed by atoms with van der Waals surface area (Å²) < 4.78 is 6.09. The summed E-state index contributed by atoms with van der Waals surface area (Å²) in [6.07, 6.45) is -0.137. The molecule has 1 aliphatic rings. The van der Waals surface area contributed by atoms with Gasteiger partial charge in [0.1, 0.15) is 6.10 Å². The Kier molecular flexibility index (Phi) is 3.12. The highest BCUT2D eigenvalue weighted by molar-refractivity contribution is 5.44. The summed E-state index contributed by atoms with van der Waals surface area (Å²) >= 11 is 0. The maximum atomic E-state index is 6.09. The van der Waals surface area contributed by atoms with Crippen molar-refractivity contribution in [2.24, 2.45) is 0 Å². The topological polar surface area (TPSA) is 9.23 Å². The maximum absolute atomic E-state index is 6.09. The molecule has 1 atom stereocenters. The van der Waals surface area contributed by atoms with Crippen LogP contribution >= 0.6 is 0 Å². The van der Waals surface area contributed by atoms with E-state index >= 15 is 0 Å². The number of aryl methyl sites for hydroxylation is 1. The average Bonchev–Trinajstić information content (AvgIpc) is 2.70. The lowest BCUT2D eigenvalue weighted by Crippen LogP contribution is -2.15. The molecule has 0 amide bonds. The van der Waals surface area contributed by atoms with Crippen LogP contribution in [0.5, 0.6) is 0 Å². The Balaban J connectivity index is 1.92. The van der Waals surface area contributed by atoms with E-state index in [1.54, 1.807) is 0 Å². The lowest BCUT2D eigenvalue weighted by Gasteiger charge is -2.18. The van der Waals surface area contributed by atoms with Crippen LogP contribution in [-0.2, 0) is 10.3 Å². The summed E-state index contributed by atoms with van der Waals surface area (Å²) in [5.41, 5.74) is 4.45. The van der Waals surface area contributed by atoms with Gasteiger partial charge in [-0.15, -0.1) is 0 Å². The van der Waals surface area contributed by atoms with E-state index in [0.717, 1.165) is 5.56 Å². The van der Waals surface area contributed by atoms with Crippen LogP contribution in [0.4, 0.5) is 0 Å². The molecule has 20 heavy (non-hydrogen) atoms. The van der Waals surface area contributed by atoms with Gasteiger partial charge in [0.25, 0.3) is 0 Å². The van der Waals surface area contributed by atoms with Crippen LogP contribution in [0.15, 0.2) is 48.5 Å². The smallest absolute Gasteiger partial charge is 0.145 e. The second-order valence-electron chi connectivity index (χ2n) is 5.73. The van der Waals surface area contributed by atoms with Crippen LogP contribution in [0.1, 0.15) is 42.2 Å². The van der Waals surface area contributed by atoms with Crippen molar-refractivity contribution in [1.82, 2.24) is 0 Å². The van der Waals surface area contributed by atoms with Crippen LogP contribution in [0, 0.1) is 18.8 Å². The molecule has 1 heteroatoms. The van der Waals surface area contributed by atoms with Gasteiger partial charge in [0.2, 0.25) is 0 Å². The SMILES string of the molecule is Cc1ccc(C#CC2OC(C)(C)c3ccccc32)cc1. The molecular formula is C19H18O. The molecule has 1 heterocycles. The first-order valence-corrected chi connectivity index (χ1v) is 6.92. The molecule has 0 saturated carbocycles. The van der Waals surface area contributed by atoms with Crippen molar-refractivity contribution in [2.45, 2.75) is 32.5 Å². The average molecular weight is 262 g/mol. The maximum Gasteiger partial charge on any atom is 0.145 e. The van der Waals surface area contributed by atoms with Crippen molar-refractivity contribution in [3.8, 4) is 11.8 Å². The van der Waals surface area contributed by atoms with E-state index in [9.17, 15) is 0 Å². The molecule has 0 aromatic heterocycles. The minimum atomic E-state index is -0.261. The highest BCUT2D eigenvalue weighted by Crippen LogP contribution is 2.42. The number of benzene rings is 2. The zero-order chi connectivity index (χ0) is 14.2. The van der Waals surface area contributed by atoms with Crippen molar-refractivity contribution in [3.63, 3.8) is 0 Å². The minimum absolute atomic E-state index is 0.137. The van der Waals surface area contributed by atoms with E-state index in [4.69, 9.17) is 4.74 Å². The summed E-state index contributed by atoms with van der Waals surface area (Å²) in [4.78, 5) is 0. The molecule has 100 valence electrons. The molecule has 2 aromatic carbocycles. The second-order valence-corrected chi connectivity index (χ2v) is 5.73. The Labute approximate surface area is 120 Å². The van der Waals surface area contributed by atoms with Gasteiger partial charge in [0, 0.05) is 5.56 Å². The van der Waals surface area contributed by atoms with E-state index in [1.807, 2.05) is 18.2 Å². The van der Waals surface area contributed by atoms with E-state index < -0.39 is 0 Å². The molecule has 1 nitrogen and oxygen atoms in total. The Hall–Kier alpha value is -2.04. The predicted octanol–water partition coefficient (Wildman–Crippen LogP) is 4.35. The van der Waals surface area contributed by atoms with E-state index in [2.05, 4.69) is 62.9 Å². The van der Waals surface area contributed by atoms with Crippen LogP contribution in [0.25, 0.3) is 0 Å². The van der Waals surface area contributed by atoms with Crippen LogP contribution in [-0.4, -0.2) is 0 Å². The van der Waals surface area contributed by atoms with E-state index in [-0.39, 0.29) is 11.7 Å². The predicted molar refractivity (Wildman–Crippen MR) is 81.4 cm³/mol. The molecule has 0 aliphatic carbocycles. The largest absolute Gasteiger partial charge is 0.350 e. The molecule has 0 fully saturated rings. The van der Waals surface area contributed by atoms with Gasteiger partial charge in [-0.05, 0) is 44.0 Å². The lowest BCUT2D eigenvalue weighted by molar-refractivity contribution is -0.0267. The summed E-state index contributed by atoms with van der Waals surface area (Å²) in [6, 6.07) is 16.6. The molecule has 1 aliphatic heterocycles. The summed E-state index contributed by atoms with van der Waals surface area (Å²) in [5, 5.41) is 0. The number of hydrogen-bond donors (Lipinski definition) is 0. The summed E-state index contributed by atoms with van der Waals surface area (Å²) in [5.74, 6) is 6.47. The van der Waals surface area contributed by atoms with Crippen molar-refractivity contribution >= 4 is 0 Å². The van der Waals surface area contributed by atoms with Gasteiger partial charge < -0.3 is 4.74 Å². The molecule has 3 rings (SSSR count). The van der Waals surface area contributed by atoms with E-state index in [0.29, 0.717) is 0 Å². The van der Waals surface area contributed by atoms with E-state index in [1.165, 1.54) is 16.7 Å². The zero-order valence-electron chi connectivity index (χ0n) is 12.1. The third kappa shape index (κ3) is 2.35. The highest BCUT2D eigenvalue weighted by atomic mass is 16.5. The molecule has 0 saturated heterocycles. The number of rotatable bonds is 0. The summed E-state index contributed by atoms with van der Waals surface area (Å²) in [6.45, 7) is 6.27. The third-order valence-corrected chi connectivity index (χ3v) is 3.70. The number of fused-ring (bicyclic) bond motifs is 1. The van der Waals surface area contributed by atoms with Crippen molar-refractivity contribution in [1.29, 1.82) is 0 Å². The summed E-state index contributed by atoms with van der Waals surface area (Å²) in [7, 11) is 0. The first-order chi connectivity index (χ1) is 9.56.